The first-order valence-electron chi connectivity index (χ1n) is 10.6. The van der Waals surface area contributed by atoms with Crippen LogP contribution in [0.5, 0.6) is 0 Å². The minimum atomic E-state index is -0.507. The molecule has 0 radical (unpaired) electrons. The van der Waals surface area contributed by atoms with Gasteiger partial charge in [-0.3, -0.25) is 9.59 Å². The van der Waals surface area contributed by atoms with Gasteiger partial charge >= 0.3 is 0 Å². The SMILES string of the molecule is CC1CN(C(=O)CC(C)(C)NC(=O)C2CCCC2)CCC1c1ccc(Cl)cc1. The molecule has 1 heterocycles. The minimum absolute atomic E-state index is 0.116. The van der Waals surface area contributed by atoms with Gasteiger partial charge in [-0.2, -0.15) is 0 Å². The van der Waals surface area contributed by atoms with Gasteiger partial charge in [0.25, 0.3) is 0 Å². The van der Waals surface area contributed by atoms with Crippen molar-refractivity contribution in [2.45, 2.75) is 70.8 Å². The smallest absolute Gasteiger partial charge is 0.224 e. The van der Waals surface area contributed by atoms with E-state index >= 15 is 0 Å². The average molecular weight is 405 g/mol. The van der Waals surface area contributed by atoms with Gasteiger partial charge in [0, 0.05) is 36.0 Å². The van der Waals surface area contributed by atoms with E-state index in [2.05, 4.69) is 24.4 Å². The Hall–Kier alpha value is -1.55. The molecule has 5 heteroatoms. The first-order chi connectivity index (χ1) is 13.2. The van der Waals surface area contributed by atoms with E-state index in [9.17, 15) is 9.59 Å². The molecule has 2 fully saturated rings. The highest BCUT2D eigenvalue weighted by Gasteiger charge is 2.34. The zero-order chi connectivity index (χ0) is 20.3. The van der Waals surface area contributed by atoms with Crippen LogP contribution in [0, 0.1) is 11.8 Å². The summed E-state index contributed by atoms with van der Waals surface area (Å²) in [5, 5.41) is 3.88. The number of nitrogens with zero attached hydrogens (tertiary/aromatic N) is 1. The average Bonchev–Trinajstić information content (AvgIpc) is 3.16. The maximum absolute atomic E-state index is 12.9. The molecule has 1 N–H and O–H groups in total. The van der Waals surface area contributed by atoms with Gasteiger partial charge in [-0.05, 0) is 62.6 Å². The summed E-state index contributed by atoms with van der Waals surface area (Å²) in [5.41, 5.74) is 0.792. The number of carbonyl (C=O) groups excluding carboxylic acids is 2. The van der Waals surface area contributed by atoms with Gasteiger partial charge in [-0.15, -0.1) is 0 Å². The molecule has 1 saturated heterocycles. The second-order valence-corrected chi connectivity index (χ2v) is 9.73. The highest BCUT2D eigenvalue weighted by molar-refractivity contribution is 6.30. The molecule has 4 nitrogen and oxygen atoms in total. The second kappa shape index (κ2) is 8.86. The molecule has 0 bridgehead atoms. The molecule has 154 valence electrons. The zero-order valence-corrected chi connectivity index (χ0v) is 18.1. The Morgan fingerprint density at radius 3 is 2.39 bits per heavy atom. The molecule has 1 saturated carbocycles. The van der Waals surface area contributed by atoms with Crippen LogP contribution in [0.25, 0.3) is 0 Å². The van der Waals surface area contributed by atoms with Crippen LogP contribution in [0.15, 0.2) is 24.3 Å². The van der Waals surface area contributed by atoms with E-state index < -0.39 is 5.54 Å². The highest BCUT2D eigenvalue weighted by Crippen LogP contribution is 2.34. The lowest BCUT2D eigenvalue weighted by atomic mass is 9.81. The molecule has 1 aliphatic heterocycles. The Labute approximate surface area is 174 Å². The van der Waals surface area contributed by atoms with Gasteiger partial charge in [-0.1, -0.05) is 43.5 Å². The number of carbonyl (C=O) groups is 2. The normalized spacial score (nSPS) is 23.6. The number of hydrogen-bond acceptors (Lipinski definition) is 2. The van der Waals surface area contributed by atoms with Crippen LogP contribution in [0.3, 0.4) is 0 Å². The van der Waals surface area contributed by atoms with Crippen LogP contribution in [0.2, 0.25) is 5.02 Å². The first-order valence-corrected chi connectivity index (χ1v) is 11.0. The molecule has 2 unspecified atom stereocenters. The largest absolute Gasteiger partial charge is 0.350 e. The van der Waals surface area contributed by atoms with E-state index in [1.807, 2.05) is 30.9 Å². The predicted octanol–water partition coefficient (Wildman–Crippen LogP) is 4.77. The van der Waals surface area contributed by atoms with Crippen LogP contribution < -0.4 is 5.32 Å². The van der Waals surface area contributed by atoms with E-state index in [1.165, 1.54) is 5.56 Å². The summed E-state index contributed by atoms with van der Waals surface area (Å²) >= 11 is 6.01. The fraction of sp³-hybridized carbons (Fsp3) is 0.652. The van der Waals surface area contributed by atoms with Crippen molar-refractivity contribution in [2.24, 2.45) is 11.8 Å². The lowest BCUT2D eigenvalue weighted by Crippen LogP contribution is -2.50. The Balaban J connectivity index is 1.53. The molecule has 2 amide bonds. The van der Waals surface area contributed by atoms with Gasteiger partial charge in [-0.25, -0.2) is 0 Å². The third-order valence-corrected chi connectivity index (χ3v) is 6.59. The monoisotopic (exact) mass is 404 g/mol. The molecular formula is C23H33ClN2O2. The van der Waals surface area contributed by atoms with Crippen LogP contribution in [-0.4, -0.2) is 35.3 Å². The Morgan fingerprint density at radius 1 is 1.14 bits per heavy atom. The first kappa shape index (κ1) is 21.2. The van der Waals surface area contributed by atoms with Gasteiger partial charge in [0.1, 0.15) is 0 Å². The van der Waals surface area contributed by atoms with Gasteiger partial charge < -0.3 is 10.2 Å². The van der Waals surface area contributed by atoms with E-state index in [0.717, 1.165) is 50.2 Å². The molecule has 0 aromatic heterocycles. The third-order valence-electron chi connectivity index (χ3n) is 6.34. The zero-order valence-electron chi connectivity index (χ0n) is 17.3. The predicted molar refractivity (Wildman–Crippen MR) is 113 cm³/mol. The van der Waals surface area contributed by atoms with E-state index in [4.69, 9.17) is 11.6 Å². The van der Waals surface area contributed by atoms with Crippen LogP contribution in [0.4, 0.5) is 0 Å². The summed E-state index contributed by atoms with van der Waals surface area (Å²) in [6, 6.07) is 8.08. The number of amides is 2. The maximum atomic E-state index is 12.9. The summed E-state index contributed by atoms with van der Waals surface area (Å²) in [6.07, 6.45) is 5.54. The number of hydrogen-bond donors (Lipinski definition) is 1. The second-order valence-electron chi connectivity index (χ2n) is 9.30. The molecule has 1 aliphatic carbocycles. The topological polar surface area (TPSA) is 49.4 Å². The lowest BCUT2D eigenvalue weighted by Gasteiger charge is -2.39. The molecule has 1 aromatic carbocycles. The summed E-state index contributed by atoms with van der Waals surface area (Å²) in [6.45, 7) is 7.66. The van der Waals surface area contributed by atoms with Gasteiger partial charge in [0.05, 0.1) is 0 Å². The highest BCUT2D eigenvalue weighted by atomic mass is 35.5. The fourth-order valence-electron chi connectivity index (χ4n) is 4.73. The minimum Gasteiger partial charge on any atom is -0.350 e. The Kier molecular flexibility index (Phi) is 6.69. The van der Waals surface area contributed by atoms with E-state index in [0.29, 0.717) is 18.3 Å². The summed E-state index contributed by atoms with van der Waals surface area (Å²) < 4.78 is 0. The fourth-order valence-corrected chi connectivity index (χ4v) is 4.86. The Bertz CT molecular complexity index is 695. The van der Waals surface area contributed by atoms with Gasteiger partial charge in [0.2, 0.25) is 11.8 Å². The van der Waals surface area contributed by atoms with Crippen molar-refractivity contribution in [1.29, 1.82) is 0 Å². The number of halogens is 1. The Morgan fingerprint density at radius 2 is 1.79 bits per heavy atom. The number of nitrogens with one attached hydrogen (secondary N) is 1. The van der Waals surface area contributed by atoms with Crippen LogP contribution in [0.1, 0.15) is 70.8 Å². The standard InChI is InChI=1S/C23H33ClN2O2/c1-16-15-26(13-12-20(16)17-8-10-19(24)11-9-17)21(27)14-23(2,3)25-22(28)18-6-4-5-7-18/h8-11,16,18,20H,4-7,12-15H2,1-3H3,(H,25,28). The van der Waals surface area contributed by atoms with Crippen molar-refractivity contribution in [3.8, 4) is 0 Å². The molecule has 3 rings (SSSR count). The lowest BCUT2D eigenvalue weighted by molar-refractivity contribution is -0.135. The molecule has 0 spiro atoms. The van der Waals surface area contributed by atoms with Crippen molar-refractivity contribution in [1.82, 2.24) is 10.2 Å². The molecule has 2 atom stereocenters. The number of likely N-dealkylation sites (tertiary alicyclic amines) is 1. The van der Waals surface area contributed by atoms with Gasteiger partial charge in [0.15, 0.2) is 0 Å². The molecular weight excluding hydrogens is 372 g/mol. The number of benzene rings is 1. The van der Waals surface area contributed by atoms with Crippen LogP contribution >= 0.6 is 11.6 Å². The van der Waals surface area contributed by atoms with Crippen molar-refractivity contribution >= 4 is 23.4 Å². The molecule has 2 aliphatic rings. The van der Waals surface area contributed by atoms with Crippen molar-refractivity contribution in [3.63, 3.8) is 0 Å². The summed E-state index contributed by atoms with van der Waals surface area (Å²) in [5.74, 6) is 1.24. The number of piperidine rings is 1. The summed E-state index contributed by atoms with van der Waals surface area (Å²) in [4.78, 5) is 27.3. The van der Waals surface area contributed by atoms with Crippen LogP contribution in [-0.2, 0) is 9.59 Å². The van der Waals surface area contributed by atoms with Crippen molar-refractivity contribution < 1.29 is 9.59 Å². The van der Waals surface area contributed by atoms with E-state index in [1.54, 1.807) is 0 Å². The quantitative estimate of drug-likeness (QED) is 0.768. The number of rotatable bonds is 5. The molecule has 1 aromatic rings. The van der Waals surface area contributed by atoms with E-state index in [-0.39, 0.29) is 17.7 Å². The van der Waals surface area contributed by atoms with Crippen molar-refractivity contribution in [2.75, 3.05) is 13.1 Å². The summed E-state index contributed by atoms with van der Waals surface area (Å²) in [7, 11) is 0. The third kappa shape index (κ3) is 5.28. The molecule has 28 heavy (non-hydrogen) atoms. The van der Waals surface area contributed by atoms with Crippen molar-refractivity contribution in [3.05, 3.63) is 34.9 Å². The maximum Gasteiger partial charge on any atom is 0.224 e.